The van der Waals surface area contributed by atoms with E-state index in [0.717, 1.165) is 48.8 Å². The molecule has 2 aromatic rings. The molecule has 1 aliphatic rings. The standard InChI is InChI=1S/C17H15F2NO/c18-13-4-5-16(19)12(8-13)9-17(21)15-3-1-2-11-10-20-7-6-14(11)15/h1-5,8,20H,6-7,9-10H2. The smallest absolute Gasteiger partial charge is 0.167 e. The lowest BCUT2D eigenvalue weighted by molar-refractivity contribution is 0.0990. The summed E-state index contributed by atoms with van der Waals surface area (Å²) in [6.45, 7) is 1.57. The molecule has 1 N–H and O–H groups in total. The van der Waals surface area contributed by atoms with Gasteiger partial charge in [-0.2, -0.15) is 0 Å². The molecule has 0 amide bonds. The second-order valence-corrected chi connectivity index (χ2v) is 5.21. The maximum atomic E-state index is 13.7. The predicted octanol–water partition coefficient (Wildman–Crippen LogP) is 3.04. The molecular formula is C17H15F2NO. The first kappa shape index (κ1) is 13.9. The molecule has 1 aliphatic heterocycles. The fourth-order valence-corrected chi connectivity index (χ4v) is 2.74. The van der Waals surface area contributed by atoms with E-state index in [1.54, 1.807) is 6.07 Å². The highest BCUT2D eigenvalue weighted by molar-refractivity contribution is 5.99. The van der Waals surface area contributed by atoms with Crippen LogP contribution in [0.1, 0.15) is 27.0 Å². The number of benzene rings is 2. The fraction of sp³-hybridized carbons (Fsp3) is 0.235. The maximum absolute atomic E-state index is 13.7. The number of ketones is 1. The molecule has 0 radical (unpaired) electrons. The van der Waals surface area contributed by atoms with Crippen LogP contribution in [-0.4, -0.2) is 12.3 Å². The van der Waals surface area contributed by atoms with E-state index in [9.17, 15) is 13.6 Å². The van der Waals surface area contributed by atoms with Crippen LogP contribution in [0.25, 0.3) is 0 Å². The van der Waals surface area contributed by atoms with E-state index in [0.29, 0.717) is 5.56 Å². The third kappa shape index (κ3) is 2.85. The zero-order chi connectivity index (χ0) is 14.8. The van der Waals surface area contributed by atoms with Gasteiger partial charge in [0.2, 0.25) is 0 Å². The van der Waals surface area contributed by atoms with Gasteiger partial charge in [0.1, 0.15) is 11.6 Å². The van der Waals surface area contributed by atoms with Gasteiger partial charge in [0, 0.05) is 18.5 Å². The highest BCUT2D eigenvalue weighted by Gasteiger charge is 2.18. The van der Waals surface area contributed by atoms with Gasteiger partial charge in [0.15, 0.2) is 5.78 Å². The molecule has 0 spiro atoms. The molecule has 3 rings (SSSR count). The number of nitrogens with one attached hydrogen (secondary N) is 1. The van der Waals surface area contributed by atoms with Crippen LogP contribution in [-0.2, 0) is 19.4 Å². The maximum Gasteiger partial charge on any atom is 0.167 e. The molecule has 4 heteroatoms. The molecule has 0 aromatic heterocycles. The molecule has 1 heterocycles. The summed E-state index contributed by atoms with van der Waals surface area (Å²) < 4.78 is 26.8. The van der Waals surface area contributed by atoms with Gasteiger partial charge in [0.05, 0.1) is 0 Å². The fourth-order valence-electron chi connectivity index (χ4n) is 2.74. The van der Waals surface area contributed by atoms with E-state index in [4.69, 9.17) is 0 Å². The Balaban J connectivity index is 1.91. The molecule has 21 heavy (non-hydrogen) atoms. The summed E-state index contributed by atoms with van der Waals surface area (Å²) in [5.74, 6) is -1.24. The third-order valence-corrected chi connectivity index (χ3v) is 3.80. The number of fused-ring (bicyclic) bond motifs is 1. The minimum Gasteiger partial charge on any atom is -0.312 e. The molecule has 2 nitrogen and oxygen atoms in total. The van der Waals surface area contributed by atoms with Gasteiger partial charge in [-0.1, -0.05) is 18.2 Å². The van der Waals surface area contributed by atoms with Crippen LogP contribution in [0.4, 0.5) is 8.78 Å². The second-order valence-electron chi connectivity index (χ2n) is 5.21. The van der Waals surface area contributed by atoms with Crippen molar-refractivity contribution in [3.8, 4) is 0 Å². The summed E-state index contributed by atoms with van der Waals surface area (Å²) in [4.78, 5) is 12.4. The number of hydrogen-bond acceptors (Lipinski definition) is 2. The summed E-state index contributed by atoms with van der Waals surface area (Å²) in [7, 11) is 0. The van der Waals surface area contributed by atoms with Crippen molar-refractivity contribution >= 4 is 5.78 Å². The zero-order valence-corrected chi connectivity index (χ0v) is 11.5. The number of rotatable bonds is 3. The van der Waals surface area contributed by atoms with Crippen molar-refractivity contribution in [2.75, 3.05) is 6.54 Å². The van der Waals surface area contributed by atoms with Crippen LogP contribution in [0.15, 0.2) is 36.4 Å². The van der Waals surface area contributed by atoms with Gasteiger partial charge in [-0.3, -0.25) is 4.79 Å². The van der Waals surface area contributed by atoms with Gasteiger partial charge in [-0.15, -0.1) is 0 Å². The second kappa shape index (κ2) is 5.74. The summed E-state index contributed by atoms with van der Waals surface area (Å²) in [6, 6.07) is 8.79. The lowest BCUT2D eigenvalue weighted by Crippen LogP contribution is -2.25. The first-order chi connectivity index (χ1) is 10.1. The van der Waals surface area contributed by atoms with E-state index >= 15 is 0 Å². The molecule has 0 aliphatic carbocycles. The molecular weight excluding hydrogens is 272 g/mol. The Morgan fingerprint density at radius 1 is 1.19 bits per heavy atom. The molecule has 0 fully saturated rings. The summed E-state index contributed by atoms with van der Waals surface area (Å²) in [5.41, 5.74) is 2.86. The van der Waals surface area contributed by atoms with E-state index in [2.05, 4.69) is 5.32 Å². The monoisotopic (exact) mass is 287 g/mol. The average molecular weight is 287 g/mol. The lowest BCUT2D eigenvalue weighted by atomic mass is 9.91. The van der Waals surface area contributed by atoms with Crippen molar-refractivity contribution in [2.45, 2.75) is 19.4 Å². The van der Waals surface area contributed by atoms with Gasteiger partial charge >= 0.3 is 0 Å². The van der Waals surface area contributed by atoms with Crippen molar-refractivity contribution in [1.82, 2.24) is 5.32 Å². The Bertz CT molecular complexity index is 697. The largest absolute Gasteiger partial charge is 0.312 e. The van der Waals surface area contributed by atoms with Gasteiger partial charge in [-0.05, 0) is 47.9 Å². The first-order valence-corrected chi connectivity index (χ1v) is 6.94. The zero-order valence-electron chi connectivity index (χ0n) is 11.5. The summed E-state index contributed by atoms with van der Waals surface area (Å²) >= 11 is 0. The topological polar surface area (TPSA) is 29.1 Å². The molecule has 0 saturated heterocycles. The molecule has 0 saturated carbocycles. The van der Waals surface area contributed by atoms with E-state index in [1.165, 1.54) is 0 Å². The van der Waals surface area contributed by atoms with Gasteiger partial charge in [0.25, 0.3) is 0 Å². The number of halogens is 2. The number of carbonyl (C=O) groups excluding carboxylic acids is 1. The van der Waals surface area contributed by atoms with Crippen LogP contribution in [0.3, 0.4) is 0 Å². The van der Waals surface area contributed by atoms with Crippen LogP contribution in [0.5, 0.6) is 0 Å². The van der Waals surface area contributed by atoms with E-state index in [1.807, 2.05) is 12.1 Å². The Morgan fingerprint density at radius 3 is 2.90 bits per heavy atom. The molecule has 2 aromatic carbocycles. The van der Waals surface area contributed by atoms with E-state index < -0.39 is 11.6 Å². The highest BCUT2D eigenvalue weighted by Crippen LogP contribution is 2.21. The number of carbonyl (C=O) groups is 1. The Morgan fingerprint density at radius 2 is 2.05 bits per heavy atom. The molecule has 108 valence electrons. The highest BCUT2D eigenvalue weighted by atomic mass is 19.1. The van der Waals surface area contributed by atoms with Crippen molar-refractivity contribution < 1.29 is 13.6 Å². The Hall–Kier alpha value is -2.07. The average Bonchev–Trinajstić information content (AvgIpc) is 2.50. The normalized spacial score (nSPS) is 13.8. The molecule has 0 unspecified atom stereocenters. The molecule has 0 bridgehead atoms. The Labute approximate surface area is 121 Å². The van der Waals surface area contributed by atoms with Crippen molar-refractivity contribution in [1.29, 1.82) is 0 Å². The lowest BCUT2D eigenvalue weighted by Gasteiger charge is -2.19. The van der Waals surface area contributed by atoms with Crippen molar-refractivity contribution in [3.05, 3.63) is 70.3 Å². The number of hydrogen-bond donors (Lipinski definition) is 1. The molecule has 0 atom stereocenters. The van der Waals surface area contributed by atoms with E-state index in [-0.39, 0.29) is 17.8 Å². The van der Waals surface area contributed by atoms with Crippen LogP contribution in [0, 0.1) is 11.6 Å². The first-order valence-electron chi connectivity index (χ1n) is 6.94. The predicted molar refractivity (Wildman–Crippen MR) is 76.2 cm³/mol. The van der Waals surface area contributed by atoms with Crippen LogP contribution in [0.2, 0.25) is 0 Å². The number of Topliss-reactive ketones (excluding diaryl/α,β-unsaturated/α-hetero) is 1. The van der Waals surface area contributed by atoms with Crippen LogP contribution >= 0.6 is 0 Å². The minimum absolute atomic E-state index is 0.103. The minimum atomic E-state index is -0.545. The quantitative estimate of drug-likeness (QED) is 0.879. The SMILES string of the molecule is O=C(Cc1cc(F)ccc1F)c1cccc2c1CCNC2. The Kier molecular flexibility index (Phi) is 3.80. The van der Waals surface area contributed by atoms with Crippen molar-refractivity contribution in [2.24, 2.45) is 0 Å². The third-order valence-electron chi connectivity index (χ3n) is 3.80. The summed E-state index contributed by atoms with van der Waals surface area (Å²) in [6.07, 6.45) is 0.663. The van der Waals surface area contributed by atoms with Crippen molar-refractivity contribution in [3.63, 3.8) is 0 Å². The van der Waals surface area contributed by atoms with Gasteiger partial charge < -0.3 is 5.32 Å². The van der Waals surface area contributed by atoms with Crippen LogP contribution < -0.4 is 5.32 Å². The van der Waals surface area contributed by atoms with Gasteiger partial charge in [-0.25, -0.2) is 8.78 Å². The summed E-state index contributed by atoms with van der Waals surface area (Å²) in [5, 5.41) is 3.25.